The van der Waals surface area contributed by atoms with Gasteiger partial charge in [-0.1, -0.05) is 45.7 Å². The van der Waals surface area contributed by atoms with E-state index in [1.165, 1.54) is 6.07 Å². The van der Waals surface area contributed by atoms with Gasteiger partial charge in [0.15, 0.2) is 0 Å². The summed E-state index contributed by atoms with van der Waals surface area (Å²) in [6, 6.07) is 12.4. The average molecular weight is 315 g/mol. The van der Waals surface area contributed by atoms with Gasteiger partial charge in [-0.25, -0.2) is 4.39 Å². The molecule has 0 radical (unpaired) electrons. The zero-order chi connectivity index (χ0) is 12.3. The van der Waals surface area contributed by atoms with Gasteiger partial charge in [-0.05, 0) is 29.8 Å². The summed E-state index contributed by atoms with van der Waals surface area (Å²) in [4.78, 5) is 0. The van der Waals surface area contributed by atoms with Crippen LogP contribution in [0.3, 0.4) is 0 Å². The molecule has 0 heterocycles. The number of halogens is 3. The van der Waals surface area contributed by atoms with Crippen LogP contribution in [0.2, 0.25) is 5.02 Å². The van der Waals surface area contributed by atoms with Crippen LogP contribution in [0.1, 0.15) is 5.56 Å². The van der Waals surface area contributed by atoms with E-state index in [-0.39, 0.29) is 5.82 Å². The first kappa shape index (κ1) is 12.4. The Bertz CT molecular complexity index is 531. The molecule has 0 saturated carbocycles. The molecule has 4 heteroatoms. The Kier molecular flexibility index (Phi) is 4.02. The van der Waals surface area contributed by atoms with Gasteiger partial charge < -0.3 is 5.32 Å². The molecule has 0 amide bonds. The predicted octanol–water partition coefficient (Wildman–Crippen LogP) is 4.85. The summed E-state index contributed by atoms with van der Waals surface area (Å²) >= 11 is 9.23. The quantitative estimate of drug-likeness (QED) is 0.853. The van der Waals surface area contributed by atoms with Crippen molar-refractivity contribution in [3.05, 3.63) is 63.3 Å². The molecule has 0 aliphatic heterocycles. The SMILES string of the molecule is Fc1cc(Br)ccc1NCc1ccccc1Cl. The highest BCUT2D eigenvalue weighted by molar-refractivity contribution is 9.10. The lowest BCUT2D eigenvalue weighted by Gasteiger charge is -2.09. The van der Waals surface area contributed by atoms with Crippen LogP contribution in [0.15, 0.2) is 46.9 Å². The molecule has 0 bridgehead atoms. The van der Waals surface area contributed by atoms with E-state index in [0.717, 1.165) is 10.0 Å². The van der Waals surface area contributed by atoms with E-state index in [4.69, 9.17) is 11.6 Å². The van der Waals surface area contributed by atoms with Crippen molar-refractivity contribution in [2.24, 2.45) is 0 Å². The fraction of sp³-hybridized carbons (Fsp3) is 0.0769. The van der Waals surface area contributed by atoms with Gasteiger partial charge >= 0.3 is 0 Å². The molecule has 2 aromatic rings. The third-order valence-corrected chi connectivity index (χ3v) is 3.22. The molecule has 2 aromatic carbocycles. The van der Waals surface area contributed by atoms with E-state index in [2.05, 4.69) is 21.2 Å². The van der Waals surface area contributed by atoms with Crippen molar-refractivity contribution in [3.63, 3.8) is 0 Å². The Balaban J connectivity index is 2.10. The van der Waals surface area contributed by atoms with Gasteiger partial charge in [-0.2, -0.15) is 0 Å². The molecule has 1 nitrogen and oxygen atoms in total. The Morgan fingerprint density at radius 2 is 1.94 bits per heavy atom. The molecule has 17 heavy (non-hydrogen) atoms. The smallest absolute Gasteiger partial charge is 0.147 e. The van der Waals surface area contributed by atoms with Crippen LogP contribution >= 0.6 is 27.5 Å². The lowest BCUT2D eigenvalue weighted by Crippen LogP contribution is -2.01. The molecular weight excluding hydrogens is 305 g/mol. The largest absolute Gasteiger partial charge is 0.379 e. The van der Waals surface area contributed by atoms with Crippen molar-refractivity contribution in [1.82, 2.24) is 0 Å². The zero-order valence-electron chi connectivity index (χ0n) is 8.88. The number of benzene rings is 2. The summed E-state index contributed by atoms with van der Waals surface area (Å²) in [5.41, 5.74) is 1.41. The maximum absolute atomic E-state index is 13.5. The highest BCUT2D eigenvalue weighted by Gasteiger charge is 2.03. The van der Waals surface area contributed by atoms with Crippen LogP contribution in [-0.4, -0.2) is 0 Å². The standard InChI is InChI=1S/C13H10BrClFN/c14-10-5-6-13(12(16)7-10)17-8-9-3-1-2-4-11(9)15/h1-7,17H,8H2. The van der Waals surface area contributed by atoms with Gasteiger partial charge in [0.1, 0.15) is 5.82 Å². The summed E-state index contributed by atoms with van der Waals surface area (Å²) in [5, 5.41) is 3.70. The number of hydrogen-bond acceptors (Lipinski definition) is 1. The molecule has 0 fully saturated rings. The van der Waals surface area contributed by atoms with Crippen LogP contribution in [0.4, 0.5) is 10.1 Å². The monoisotopic (exact) mass is 313 g/mol. The molecule has 0 aliphatic rings. The first-order chi connectivity index (χ1) is 8.16. The Morgan fingerprint density at radius 3 is 2.65 bits per heavy atom. The molecule has 0 atom stereocenters. The molecule has 2 rings (SSSR count). The van der Waals surface area contributed by atoms with Crippen molar-refractivity contribution >= 4 is 33.2 Å². The lowest BCUT2D eigenvalue weighted by molar-refractivity contribution is 0.629. The van der Waals surface area contributed by atoms with Crippen LogP contribution in [-0.2, 0) is 6.54 Å². The summed E-state index contributed by atoms with van der Waals surface area (Å²) in [6.45, 7) is 0.498. The summed E-state index contributed by atoms with van der Waals surface area (Å²) in [7, 11) is 0. The van der Waals surface area contributed by atoms with Crippen molar-refractivity contribution in [3.8, 4) is 0 Å². The van der Waals surface area contributed by atoms with Gasteiger partial charge in [0.05, 0.1) is 5.69 Å². The van der Waals surface area contributed by atoms with Gasteiger partial charge in [0.2, 0.25) is 0 Å². The third kappa shape index (κ3) is 3.20. The van der Waals surface area contributed by atoms with E-state index in [1.54, 1.807) is 12.1 Å². The second kappa shape index (κ2) is 5.52. The summed E-state index contributed by atoms with van der Waals surface area (Å²) < 4.78 is 14.2. The van der Waals surface area contributed by atoms with Crippen molar-refractivity contribution in [2.45, 2.75) is 6.54 Å². The average Bonchev–Trinajstić information content (AvgIpc) is 2.30. The molecule has 88 valence electrons. The highest BCUT2D eigenvalue weighted by atomic mass is 79.9. The second-order valence-electron chi connectivity index (χ2n) is 3.57. The van der Waals surface area contributed by atoms with E-state index in [9.17, 15) is 4.39 Å². The van der Waals surface area contributed by atoms with Crippen molar-refractivity contribution in [1.29, 1.82) is 0 Å². The fourth-order valence-electron chi connectivity index (χ4n) is 1.47. The van der Waals surface area contributed by atoms with E-state index in [1.807, 2.05) is 24.3 Å². The summed E-state index contributed by atoms with van der Waals surface area (Å²) in [5.74, 6) is -0.286. The Labute approximate surface area is 113 Å². The van der Waals surface area contributed by atoms with E-state index in [0.29, 0.717) is 17.3 Å². The fourth-order valence-corrected chi connectivity index (χ4v) is 2.00. The maximum Gasteiger partial charge on any atom is 0.147 e. The number of anilines is 1. The number of rotatable bonds is 3. The van der Waals surface area contributed by atoms with Crippen LogP contribution in [0, 0.1) is 5.82 Å². The number of hydrogen-bond donors (Lipinski definition) is 1. The molecule has 0 spiro atoms. The van der Waals surface area contributed by atoms with Crippen molar-refractivity contribution < 1.29 is 4.39 Å². The lowest BCUT2D eigenvalue weighted by atomic mass is 10.2. The van der Waals surface area contributed by atoms with E-state index < -0.39 is 0 Å². The zero-order valence-corrected chi connectivity index (χ0v) is 11.2. The van der Waals surface area contributed by atoms with Crippen LogP contribution in [0.5, 0.6) is 0 Å². The molecule has 0 aliphatic carbocycles. The molecular formula is C13H10BrClFN. The second-order valence-corrected chi connectivity index (χ2v) is 4.89. The maximum atomic E-state index is 13.5. The highest BCUT2D eigenvalue weighted by Crippen LogP contribution is 2.21. The first-order valence-corrected chi connectivity index (χ1v) is 6.26. The van der Waals surface area contributed by atoms with Gasteiger partial charge in [-0.15, -0.1) is 0 Å². The topological polar surface area (TPSA) is 12.0 Å². The van der Waals surface area contributed by atoms with Crippen LogP contribution < -0.4 is 5.32 Å². The third-order valence-electron chi connectivity index (χ3n) is 2.36. The van der Waals surface area contributed by atoms with Crippen LogP contribution in [0.25, 0.3) is 0 Å². The first-order valence-electron chi connectivity index (χ1n) is 5.09. The van der Waals surface area contributed by atoms with E-state index >= 15 is 0 Å². The number of nitrogens with one attached hydrogen (secondary N) is 1. The Morgan fingerprint density at radius 1 is 1.18 bits per heavy atom. The van der Waals surface area contributed by atoms with Gasteiger partial charge in [0.25, 0.3) is 0 Å². The van der Waals surface area contributed by atoms with Gasteiger partial charge in [0, 0.05) is 16.0 Å². The molecule has 0 unspecified atom stereocenters. The Hall–Kier alpha value is -1.06. The normalized spacial score (nSPS) is 10.3. The van der Waals surface area contributed by atoms with Gasteiger partial charge in [-0.3, -0.25) is 0 Å². The molecule has 0 aromatic heterocycles. The summed E-state index contributed by atoms with van der Waals surface area (Å²) in [6.07, 6.45) is 0. The van der Waals surface area contributed by atoms with Crippen molar-refractivity contribution in [2.75, 3.05) is 5.32 Å². The predicted molar refractivity (Wildman–Crippen MR) is 72.9 cm³/mol. The minimum atomic E-state index is -0.286. The molecule has 0 saturated heterocycles. The minimum absolute atomic E-state index is 0.286. The minimum Gasteiger partial charge on any atom is -0.379 e. The molecule has 1 N–H and O–H groups in total.